The van der Waals surface area contributed by atoms with Gasteiger partial charge in [0.1, 0.15) is 10.6 Å². The number of anilines is 2. The fourth-order valence-electron chi connectivity index (χ4n) is 3.04. The van der Waals surface area contributed by atoms with Gasteiger partial charge in [-0.25, -0.2) is 4.98 Å². The Morgan fingerprint density at radius 3 is 3.00 bits per heavy atom. The first-order valence-corrected chi connectivity index (χ1v) is 7.87. The number of fused-ring (bicyclic) bond motifs is 1. The number of aryl methyl sites for hydroxylation is 1. The summed E-state index contributed by atoms with van der Waals surface area (Å²) in [6.45, 7) is 3.18. The molecule has 20 heavy (non-hydrogen) atoms. The standard InChI is InChI=1S/C14H20N4OS/c1-8-5-11-12(17-14(15)18-13(11)20-8)16-6-9-3-2-4-10(9)7-19/h5,9-10,19H,2-4,6-7H2,1H3,(H3,15,16,17,18). The second kappa shape index (κ2) is 5.54. The quantitative estimate of drug-likeness (QED) is 0.806. The molecule has 1 saturated carbocycles. The van der Waals surface area contributed by atoms with Crippen LogP contribution in [-0.2, 0) is 0 Å². The van der Waals surface area contributed by atoms with Crippen molar-refractivity contribution in [2.45, 2.75) is 26.2 Å². The number of aromatic nitrogens is 2. The van der Waals surface area contributed by atoms with Crippen molar-refractivity contribution < 1.29 is 5.11 Å². The third-order valence-electron chi connectivity index (χ3n) is 4.12. The molecule has 5 nitrogen and oxygen atoms in total. The maximum absolute atomic E-state index is 9.38. The molecule has 2 aromatic rings. The monoisotopic (exact) mass is 292 g/mol. The fraction of sp³-hybridized carbons (Fsp3) is 0.571. The van der Waals surface area contributed by atoms with Crippen molar-refractivity contribution in [3.63, 3.8) is 0 Å². The van der Waals surface area contributed by atoms with Gasteiger partial charge in [-0.1, -0.05) is 6.42 Å². The van der Waals surface area contributed by atoms with Crippen LogP contribution in [0.4, 0.5) is 11.8 Å². The Bertz CT molecular complexity index is 612. The molecule has 0 radical (unpaired) electrons. The van der Waals surface area contributed by atoms with Crippen LogP contribution in [0.3, 0.4) is 0 Å². The minimum atomic E-state index is 0.283. The minimum Gasteiger partial charge on any atom is -0.396 e. The molecule has 108 valence electrons. The lowest BCUT2D eigenvalue weighted by Gasteiger charge is -2.18. The van der Waals surface area contributed by atoms with E-state index in [0.717, 1.165) is 29.0 Å². The number of nitrogen functional groups attached to an aromatic ring is 1. The maximum atomic E-state index is 9.38. The van der Waals surface area contributed by atoms with Gasteiger partial charge in [-0.3, -0.25) is 0 Å². The smallest absolute Gasteiger partial charge is 0.223 e. The number of hydrogen-bond donors (Lipinski definition) is 3. The van der Waals surface area contributed by atoms with Crippen LogP contribution in [0.2, 0.25) is 0 Å². The highest BCUT2D eigenvalue weighted by Crippen LogP contribution is 2.33. The molecule has 2 heterocycles. The number of hydrogen-bond acceptors (Lipinski definition) is 6. The van der Waals surface area contributed by atoms with Gasteiger partial charge in [-0.15, -0.1) is 11.3 Å². The molecule has 2 atom stereocenters. The van der Waals surface area contributed by atoms with E-state index in [4.69, 9.17) is 5.73 Å². The number of nitrogens with zero attached hydrogens (tertiary/aromatic N) is 2. The molecular formula is C14H20N4OS. The second-order valence-electron chi connectivity index (χ2n) is 5.52. The normalized spacial score (nSPS) is 22.5. The maximum Gasteiger partial charge on any atom is 0.223 e. The van der Waals surface area contributed by atoms with Gasteiger partial charge in [0.05, 0.1) is 5.39 Å². The predicted octanol–water partition coefficient (Wildman–Crippen LogP) is 2.40. The first-order chi connectivity index (χ1) is 9.67. The van der Waals surface area contributed by atoms with E-state index >= 15 is 0 Å². The van der Waals surface area contributed by atoms with Crippen LogP contribution in [0, 0.1) is 18.8 Å². The molecular weight excluding hydrogens is 272 g/mol. The van der Waals surface area contributed by atoms with Crippen LogP contribution >= 0.6 is 11.3 Å². The molecule has 1 aliphatic carbocycles. The summed E-state index contributed by atoms with van der Waals surface area (Å²) in [6, 6.07) is 2.10. The van der Waals surface area contributed by atoms with Crippen molar-refractivity contribution in [2.24, 2.45) is 11.8 Å². The van der Waals surface area contributed by atoms with Crippen molar-refractivity contribution in [3.05, 3.63) is 10.9 Å². The molecule has 0 amide bonds. The van der Waals surface area contributed by atoms with Crippen LogP contribution < -0.4 is 11.1 Å². The molecule has 0 bridgehead atoms. The third kappa shape index (κ3) is 2.58. The first kappa shape index (κ1) is 13.6. The average Bonchev–Trinajstić information content (AvgIpc) is 3.00. The highest BCUT2D eigenvalue weighted by atomic mass is 32.1. The van der Waals surface area contributed by atoms with Gasteiger partial charge in [0.15, 0.2) is 0 Å². The van der Waals surface area contributed by atoms with E-state index in [1.54, 1.807) is 11.3 Å². The summed E-state index contributed by atoms with van der Waals surface area (Å²) in [4.78, 5) is 10.7. The van der Waals surface area contributed by atoms with Crippen molar-refractivity contribution in [2.75, 3.05) is 24.2 Å². The average molecular weight is 292 g/mol. The summed E-state index contributed by atoms with van der Waals surface area (Å²) in [5, 5.41) is 13.8. The van der Waals surface area contributed by atoms with Gasteiger partial charge in [-0.2, -0.15) is 4.98 Å². The van der Waals surface area contributed by atoms with Gasteiger partial charge in [0.25, 0.3) is 0 Å². The molecule has 3 rings (SSSR count). The van der Waals surface area contributed by atoms with Gasteiger partial charge in [0.2, 0.25) is 5.95 Å². The Kier molecular flexibility index (Phi) is 3.76. The van der Waals surface area contributed by atoms with Crippen molar-refractivity contribution in [1.29, 1.82) is 0 Å². The van der Waals surface area contributed by atoms with Crippen LogP contribution in [0.25, 0.3) is 10.2 Å². The van der Waals surface area contributed by atoms with E-state index in [1.807, 2.05) is 0 Å². The molecule has 1 fully saturated rings. The van der Waals surface area contributed by atoms with Crippen LogP contribution in [0.5, 0.6) is 0 Å². The topological polar surface area (TPSA) is 84.1 Å². The number of aliphatic hydroxyl groups excluding tert-OH is 1. The number of aliphatic hydroxyl groups is 1. The highest BCUT2D eigenvalue weighted by molar-refractivity contribution is 7.18. The fourth-order valence-corrected chi connectivity index (χ4v) is 3.93. The van der Waals surface area contributed by atoms with E-state index in [1.165, 1.54) is 17.7 Å². The molecule has 1 aliphatic rings. The Morgan fingerprint density at radius 2 is 2.20 bits per heavy atom. The molecule has 6 heteroatoms. The SMILES string of the molecule is Cc1cc2c(NCC3CCCC3CO)nc(N)nc2s1. The second-order valence-corrected chi connectivity index (χ2v) is 6.76. The van der Waals surface area contributed by atoms with Gasteiger partial charge < -0.3 is 16.2 Å². The summed E-state index contributed by atoms with van der Waals surface area (Å²) >= 11 is 1.63. The molecule has 0 aromatic carbocycles. The number of nitrogens with one attached hydrogen (secondary N) is 1. The van der Waals surface area contributed by atoms with E-state index < -0.39 is 0 Å². The van der Waals surface area contributed by atoms with Crippen LogP contribution in [-0.4, -0.2) is 28.2 Å². The van der Waals surface area contributed by atoms with Crippen molar-refractivity contribution in [3.8, 4) is 0 Å². The van der Waals surface area contributed by atoms with Crippen LogP contribution in [0.15, 0.2) is 6.07 Å². The zero-order valence-corrected chi connectivity index (χ0v) is 12.4. The largest absolute Gasteiger partial charge is 0.396 e. The summed E-state index contributed by atoms with van der Waals surface area (Å²) < 4.78 is 0. The van der Waals surface area contributed by atoms with E-state index in [-0.39, 0.29) is 6.61 Å². The predicted molar refractivity (Wildman–Crippen MR) is 83.0 cm³/mol. The van der Waals surface area contributed by atoms with Crippen molar-refractivity contribution >= 4 is 33.3 Å². The Labute approximate surface area is 122 Å². The highest BCUT2D eigenvalue weighted by Gasteiger charge is 2.26. The Morgan fingerprint density at radius 1 is 1.40 bits per heavy atom. The summed E-state index contributed by atoms with van der Waals surface area (Å²) in [7, 11) is 0. The summed E-state index contributed by atoms with van der Waals surface area (Å²) in [5.74, 6) is 2.07. The summed E-state index contributed by atoms with van der Waals surface area (Å²) in [5.41, 5.74) is 5.78. The van der Waals surface area contributed by atoms with E-state index in [0.29, 0.717) is 17.8 Å². The van der Waals surface area contributed by atoms with E-state index in [2.05, 4.69) is 28.3 Å². The molecule has 2 unspecified atom stereocenters. The van der Waals surface area contributed by atoms with Gasteiger partial charge in [-0.05, 0) is 37.7 Å². The van der Waals surface area contributed by atoms with E-state index in [9.17, 15) is 5.11 Å². The molecule has 0 saturated heterocycles. The minimum absolute atomic E-state index is 0.283. The lowest BCUT2D eigenvalue weighted by atomic mass is 9.97. The molecule has 0 aliphatic heterocycles. The van der Waals surface area contributed by atoms with Crippen LogP contribution in [0.1, 0.15) is 24.1 Å². The van der Waals surface area contributed by atoms with Gasteiger partial charge in [0, 0.05) is 18.0 Å². The number of nitrogens with two attached hydrogens (primary N) is 1. The lowest BCUT2D eigenvalue weighted by Crippen LogP contribution is -2.21. The van der Waals surface area contributed by atoms with Crippen molar-refractivity contribution in [1.82, 2.24) is 9.97 Å². The first-order valence-electron chi connectivity index (χ1n) is 7.05. The number of thiophene rings is 1. The molecule has 4 N–H and O–H groups in total. The summed E-state index contributed by atoms with van der Waals surface area (Å²) in [6.07, 6.45) is 3.50. The lowest BCUT2D eigenvalue weighted by molar-refractivity contribution is 0.199. The van der Waals surface area contributed by atoms with Gasteiger partial charge >= 0.3 is 0 Å². The number of rotatable bonds is 4. The third-order valence-corrected chi connectivity index (χ3v) is 5.06. The zero-order valence-electron chi connectivity index (χ0n) is 11.6. The Balaban J connectivity index is 1.80. The Hall–Kier alpha value is -1.40. The molecule has 2 aromatic heterocycles. The zero-order chi connectivity index (χ0) is 14.1. The molecule has 0 spiro atoms.